The van der Waals surface area contributed by atoms with Gasteiger partial charge in [0.15, 0.2) is 11.5 Å². The summed E-state index contributed by atoms with van der Waals surface area (Å²) in [6.07, 6.45) is 0.553. The molecule has 0 aromatic heterocycles. The smallest absolute Gasteiger partial charge is 0.493 e. The van der Waals surface area contributed by atoms with Crippen LogP contribution in [0.5, 0.6) is 11.5 Å². The maximum Gasteiger partial charge on any atom is 0.513 e. The quantitative estimate of drug-likeness (QED) is 0.210. The van der Waals surface area contributed by atoms with Crippen molar-refractivity contribution in [2.24, 2.45) is 5.10 Å². The van der Waals surface area contributed by atoms with Crippen LogP contribution in [0.3, 0.4) is 0 Å². The van der Waals surface area contributed by atoms with Crippen molar-refractivity contribution in [2.75, 3.05) is 20.0 Å². The molecule has 1 N–H and O–H groups in total. The van der Waals surface area contributed by atoms with E-state index in [-0.39, 0.29) is 23.1 Å². The molecule has 0 radical (unpaired) electrons. The van der Waals surface area contributed by atoms with E-state index in [1.807, 2.05) is 0 Å². The lowest BCUT2D eigenvalue weighted by Gasteiger charge is -2.08. The molecule has 0 aliphatic carbocycles. The number of hydrazone groups is 1. The van der Waals surface area contributed by atoms with Gasteiger partial charge in [0.2, 0.25) is 5.91 Å². The van der Waals surface area contributed by atoms with Crippen molar-refractivity contribution in [3.63, 3.8) is 0 Å². The fraction of sp³-hybridized carbons (Fsp3) is 0.211. The van der Waals surface area contributed by atoms with Crippen LogP contribution in [0.4, 0.5) is 10.5 Å². The molecule has 2 aromatic rings. The summed E-state index contributed by atoms with van der Waals surface area (Å²) in [7, 11) is 2.62. The van der Waals surface area contributed by atoms with Crippen molar-refractivity contribution in [1.82, 2.24) is 5.43 Å². The van der Waals surface area contributed by atoms with Gasteiger partial charge >= 0.3 is 6.16 Å². The highest BCUT2D eigenvalue weighted by atomic mass is 32.2. The van der Waals surface area contributed by atoms with Crippen LogP contribution in [0.25, 0.3) is 0 Å². The van der Waals surface area contributed by atoms with Crippen molar-refractivity contribution in [3.8, 4) is 11.5 Å². The Labute approximate surface area is 176 Å². The summed E-state index contributed by atoms with van der Waals surface area (Å²) in [5.41, 5.74) is 3.93. The second-order valence-electron chi connectivity index (χ2n) is 5.68. The highest BCUT2D eigenvalue weighted by Crippen LogP contribution is 2.27. The van der Waals surface area contributed by atoms with Crippen LogP contribution >= 0.6 is 11.8 Å². The monoisotopic (exact) mass is 433 g/mol. The van der Waals surface area contributed by atoms with Gasteiger partial charge in [-0.25, -0.2) is 10.2 Å². The molecule has 11 heteroatoms. The van der Waals surface area contributed by atoms with E-state index in [1.165, 1.54) is 50.4 Å². The van der Waals surface area contributed by atoms with Gasteiger partial charge in [0.1, 0.15) is 0 Å². The van der Waals surface area contributed by atoms with Crippen LogP contribution in [0.15, 0.2) is 47.6 Å². The van der Waals surface area contributed by atoms with E-state index >= 15 is 0 Å². The van der Waals surface area contributed by atoms with Crippen molar-refractivity contribution in [3.05, 3.63) is 63.7 Å². The number of non-ortho nitro benzene ring substituents is 1. The molecule has 0 atom stereocenters. The number of nitro groups is 1. The minimum atomic E-state index is -0.867. The zero-order valence-corrected chi connectivity index (χ0v) is 17.0. The molecule has 2 aromatic carbocycles. The van der Waals surface area contributed by atoms with Crippen molar-refractivity contribution in [2.45, 2.75) is 5.75 Å². The minimum absolute atomic E-state index is 0.0253. The Bertz CT molecular complexity index is 932. The van der Waals surface area contributed by atoms with Gasteiger partial charge in [-0.3, -0.25) is 14.9 Å². The number of hydrogen-bond acceptors (Lipinski definition) is 9. The number of thioether (sulfide) groups is 1. The molecule has 10 nitrogen and oxygen atoms in total. The molecule has 0 spiro atoms. The third kappa shape index (κ3) is 7.09. The molecule has 2 rings (SSSR count). The van der Waals surface area contributed by atoms with Gasteiger partial charge in [0.25, 0.3) is 5.69 Å². The SMILES string of the molecule is COC(=O)Oc1ccc(/C=N/NC(=O)CSCc2ccc([N+](=O)[O-])cc2)cc1OC. The second kappa shape index (κ2) is 11.4. The highest BCUT2D eigenvalue weighted by molar-refractivity contribution is 7.99. The Morgan fingerprint density at radius 1 is 1.17 bits per heavy atom. The average molecular weight is 433 g/mol. The number of nitro benzene ring substituents is 1. The van der Waals surface area contributed by atoms with Crippen LogP contribution in [-0.4, -0.2) is 43.2 Å². The summed E-state index contributed by atoms with van der Waals surface area (Å²) in [4.78, 5) is 33.2. The van der Waals surface area contributed by atoms with Gasteiger partial charge in [0, 0.05) is 17.9 Å². The number of benzene rings is 2. The number of rotatable bonds is 9. The Hall–Kier alpha value is -3.60. The summed E-state index contributed by atoms with van der Waals surface area (Å²) in [5.74, 6) is 0.899. The van der Waals surface area contributed by atoms with E-state index in [0.29, 0.717) is 17.1 Å². The Kier molecular flexibility index (Phi) is 8.63. The normalized spacial score (nSPS) is 10.5. The van der Waals surface area contributed by atoms with Gasteiger partial charge in [0.05, 0.1) is 31.1 Å². The summed E-state index contributed by atoms with van der Waals surface area (Å²) in [6.45, 7) is 0. The summed E-state index contributed by atoms with van der Waals surface area (Å²) >= 11 is 1.35. The molecule has 0 aliphatic rings. The third-order valence-electron chi connectivity index (χ3n) is 3.60. The van der Waals surface area contributed by atoms with Crippen LogP contribution in [0, 0.1) is 10.1 Å². The lowest BCUT2D eigenvalue weighted by molar-refractivity contribution is -0.384. The Morgan fingerprint density at radius 3 is 2.53 bits per heavy atom. The lowest BCUT2D eigenvalue weighted by atomic mass is 10.2. The van der Waals surface area contributed by atoms with E-state index in [2.05, 4.69) is 15.3 Å². The van der Waals surface area contributed by atoms with Crippen LogP contribution < -0.4 is 14.9 Å². The van der Waals surface area contributed by atoms with Gasteiger partial charge in [-0.15, -0.1) is 11.8 Å². The minimum Gasteiger partial charge on any atom is -0.493 e. The van der Waals surface area contributed by atoms with Gasteiger partial charge in [-0.2, -0.15) is 5.10 Å². The van der Waals surface area contributed by atoms with E-state index in [9.17, 15) is 19.7 Å². The topological polar surface area (TPSA) is 129 Å². The summed E-state index contributed by atoms with van der Waals surface area (Å²) in [6, 6.07) is 10.9. The highest BCUT2D eigenvalue weighted by Gasteiger charge is 2.10. The first-order chi connectivity index (χ1) is 14.4. The molecule has 0 fully saturated rings. The van der Waals surface area contributed by atoms with E-state index in [1.54, 1.807) is 24.3 Å². The maximum atomic E-state index is 11.9. The fourth-order valence-electron chi connectivity index (χ4n) is 2.17. The number of methoxy groups -OCH3 is 2. The zero-order chi connectivity index (χ0) is 21.9. The second-order valence-corrected chi connectivity index (χ2v) is 6.66. The predicted octanol–water partition coefficient (Wildman–Crippen LogP) is 3.13. The number of amides is 1. The van der Waals surface area contributed by atoms with Gasteiger partial charge in [-0.1, -0.05) is 12.1 Å². The number of nitrogens with zero attached hydrogens (tertiary/aromatic N) is 2. The molecular formula is C19H19N3O7S. The van der Waals surface area contributed by atoms with E-state index < -0.39 is 11.1 Å². The average Bonchev–Trinajstić information content (AvgIpc) is 2.74. The molecule has 1 amide bonds. The first-order valence-electron chi connectivity index (χ1n) is 8.49. The Morgan fingerprint density at radius 2 is 1.90 bits per heavy atom. The van der Waals surface area contributed by atoms with Gasteiger partial charge in [-0.05, 0) is 29.3 Å². The molecule has 0 unspecified atom stereocenters. The molecule has 0 saturated carbocycles. The number of nitrogens with one attached hydrogen (secondary N) is 1. The van der Waals surface area contributed by atoms with E-state index in [0.717, 1.165) is 5.56 Å². The lowest BCUT2D eigenvalue weighted by Crippen LogP contribution is -2.19. The summed E-state index contributed by atoms with van der Waals surface area (Å²) < 4.78 is 14.5. The van der Waals surface area contributed by atoms with Crippen molar-refractivity contribution >= 4 is 35.7 Å². The molecular weight excluding hydrogens is 414 g/mol. The predicted molar refractivity (Wildman–Crippen MR) is 111 cm³/mol. The fourth-order valence-corrected chi connectivity index (χ4v) is 2.95. The molecule has 0 aliphatic heterocycles. The Balaban J connectivity index is 1.81. The first-order valence-corrected chi connectivity index (χ1v) is 9.65. The van der Waals surface area contributed by atoms with E-state index in [4.69, 9.17) is 9.47 Å². The van der Waals surface area contributed by atoms with Crippen LogP contribution in [0.2, 0.25) is 0 Å². The molecule has 0 saturated heterocycles. The van der Waals surface area contributed by atoms with Crippen molar-refractivity contribution in [1.29, 1.82) is 0 Å². The number of hydrogen-bond donors (Lipinski definition) is 1. The molecule has 0 bridgehead atoms. The zero-order valence-electron chi connectivity index (χ0n) is 16.2. The van der Waals surface area contributed by atoms with Crippen molar-refractivity contribution < 1.29 is 28.7 Å². The van der Waals surface area contributed by atoms with Crippen LogP contribution in [0.1, 0.15) is 11.1 Å². The van der Waals surface area contributed by atoms with Gasteiger partial charge < -0.3 is 14.2 Å². The molecule has 30 heavy (non-hydrogen) atoms. The largest absolute Gasteiger partial charge is 0.513 e. The number of carbonyl (C=O) groups excluding carboxylic acids is 2. The third-order valence-corrected chi connectivity index (χ3v) is 4.60. The first kappa shape index (κ1) is 22.7. The number of carbonyl (C=O) groups is 2. The number of ether oxygens (including phenoxy) is 3. The maximum absolute atomic E-state index is 11.9. The summed E-state index contributed by atoms with van der Waals surface area (Å²) in [5, 5.41) is 14.5. The standard InChI is InChI=1S/C19H19N3O7S/c1-27-17-9-14(5-8-16(17)29-19(24)28-2)10-20-21-18(23)12-30-11-13-3-6-15(7-4-13)22(25)26/h3-10H,11-12H2,1-2H3,(H,21,23)/b20-10+. The molecule has 158 valence electrons. The van der Waals surface area contributed by atoms with Crippen LogP contribution in [-0.2, 0) is 15.3 Å². The molecule has 0 heterocycles.